The summed E-state index contributed by atoms with van der Waals surface area (Å²) >= 11 is 4.59. The van der Waals surface area contributed by atoms with Crippen LogP contribution in [0.15, 0.2) is 36.5 Å². The molecule has 1 atom stereocenters. The van der Waals surface area contributed by atoms with Gasteiger partial charge in [-0.25, -0.2) is 4.98 Å². The molecule has 0 radical (unpaired) electrons. The van der Waals surface area contributed by atoms with Crippen LogP contribution in [-0.2, 0) is 11.0 Å². The van der Waals surface area contributed by atoms with Crippen LogP contribution in [0.3, 0.4) is 0 Å². The van der Waals surface area contributed by atoms with Gasteiger partial charge in [-0.2, -0.15) is 18.4 Å². The lowest BCUT2D eigenvalue weighted by Crippen LogP contribution is -2.44. The van der Waals surface area contributed by atoms with E-state index in [1.54, 1.807) is 18.7 Å². The van der Waals surface area contributed by atoms with Crippen molar-refractivity contribution in [2.24, 2.45) is 0 Å². The third kappa shape index (κ3) is 4.77. The summed E-state index contributed by atoms with van der Waals surface area (Å²) < 4.78 is 46.5. The monoisotopic (exact) mass is 505 g/mol. The van der Waals surface area contributed by atoms with Crippen LogP contribution in [-0.4, -0.2) is 53.1 Å². The van der Waals surface area contributed by atoms with E-state index in [4.69, 9.17) is 10.00 Å². The number of anilines is 2. The first kappa shape index (κ1) is 25.1. The van der Waals surface area contributed by atoms with E-state index in [9.17, 15) is 18.0 Å². The predicted molar refractivity (Wildman–Crippen MR) is 128 cm³/mol. The smallest absolute Gasteiger partial charge is 0.419 e. The van der Waals surface area contributed by atoms with E-state index >= 15 is 0 Å². The first-order chi connectivity index (χ1) is 16.4. The van der Waals surface area contributed by atoms with Gasteiger partial charge in [0.15, 0.2) is 11.2 Å². The fourth-order valence-corrected chi connectivity index (χ4v) is 5.14. The lowest BCUT2D eigenvalue weighted by Gasteiger charge is -2.33. The Morgan fingerprint density at radius 3 is 2.37 bits per heavy atom. The standard InChI is InChI=1S/C24H26F3N5O2S/c1-23(2)21(33)31(16-12-19(24(25,26)27)20(13-28)29-14-16)22(35)32(23)15-4-6-17(7-5-15)34-18-8-10-30(3)11-9-18/h4-7,12,14,18,22,35H,8-11H2,1-3H3. The van der Waals surface area contributed by atoms with Crippen molar-refractivity contribution in [3.8, 4) is 11.8 Å². The highest BCUT2D eigenvalue weighted by molar-refractivity contribution is 7.81. The Morgan fingerprint density at radius 1 is 1.17 bits per heavy atom. The molecule has 1 amide bonds. The van der Waals surface area contributed by atoms with Crippen LogP contribution in [0.25, 0.3) is 0 Å². The van der Waals surface area contributed by atoms with Gasteiger partial charge in [-0.15, -0.1) is 12.6 Å². The number of benzene rings is 1. The number of amides is 1. The molecule has 4 rings (SSSR count). The van der Waals surface area contributed by atoms with Crippen molar-refractivity contribution >= 4 is 29.9 Å². The molecule has 3 heterocycles. The Morgan fingerprint density at radius 2 is 1.80 bits per heavy atom. The largest absolute Gasteiger partial charge is 0.490 e. The third-order valence-corrected chi connectivity index (χ3v) is 6.91. The minimum atomic E-state index is -4.79. The number of alkyl halides is 3. The predicted octanol–water partition coefficient (Wildman–Crippen LogP) is 4.29. The maximum absolute atomic E-state index is 13.5. The number of hydrogen-bond donors (Lipinski definition) is 1. The van der Waals surface area contributed by atoms with Crippen molar-refractivity contribution < 1.29 is 22.7 Å². The Labute approximate surface area is 207 Å². The van der Waals surface area contributed by atoms with Crippen molar-refractivity contribution in [3.63, 3.8) is 0 Å². The molecule has 2 aliphatic rings. The summed E-state index contributed by atoms with van der Waals surface area (Å²) in [4.78, 5) is 22.1. The number of hydrogen-bond acceptors (Lipinski definition) is 7. The Balaban J connectivity index is 1.60. The summed E-state index contributed by atoms with van der Waals surface area (Å²) in [5.74, 6) is 0.272. The number of nitriles is 1. The molecule has 2 fully saturated rings. The van der Waals surface area contributed by atoms with E-state index in [-0.39, 0.29) is 11.8 Å². The van der Waals surface area contributed by atoms with Crippen LogP contribution in [0.4, 0.5) is 24.5 Å². The molecule has 1 aromatic heterocycles. The molecule has 0 saturated carbocycles. The number of rotatable bonds is 4. The number of likely N-dealkylation sites (tertiary alicyclic amines) is 1. The van der Waals surface area contributed by atoms with Crippen LogP contribution >= 0.6 is 12.6 Å². The summed E-state index contributed by atoms with van der Waals surface area (Å²) in [6.45, 7) is 5.32. The van der Waals surface area contributed by atoms with Gasteiger partial charge in [0.2, 0.25) is 0 Å². The Bertz CT molecular complexity index is 1140. The Kier molecular flexibility index (Phi) is 6.64. The van der Waals surface area contributed by atoms with Gasteiger partial charge in [-0.3, -0.25) is 9.69 Å². The molecule has 186 valence electrons. The second-order valence-electron chi connectivity index (χ2n) is 9.26. The van der Waals surface area contributed by atoms with Gasteiger partial charge >= 0.3 is 6.18 Å². The van der Waals surface area contributed by atoms with Gasteiger partial charge in [-0.1, -0.05) is 0 Å². The van der Waals surface area contributed by atoms with Gasteiger partial charge in [0, 0.05) is 18.8 Å². The zero-order valence-electron chi connectivity index (χ0n) is 19.6. The molecule has 1 unspecified atom stereocenters. The molecule has 35 heavy (non-hydrogen) atoms. The zero-order valence-corrected chi connectivity index (χ0v) is 20.5. The summed E-state index contributed by atoms with van der Waals surface area (Å²) in [5, 5.41) is 9.02. The molecule has 2 aromatic rings. The molecule has 2 saturated heterocycles. The minimum Gasteiger partial charge on any atom is -0.490 e. The average Bonchev–Trinajstić information content (AvgIpc) is 2.98. The van der Waals surface area contributed by atoms with E-state index < -0.39 is 34.4 Å². The molecular formula is C24H26F3N5O2S. The number of carbonyl (C=O) groups excluding carboxylic acids is 1. The third-order valence-electron chi connectivity index (χ3n) is 6.45. The topological polar surface area (TPSA) is 72.7 Å². The fourth-order valence-electron chi connectivity index (χ4n) is 4.48. The molecular weight excluding hydrogens is 479 g/mol. The number of thiol groups is 1. The van der Waals surface area contributed by atoms with Crippen LogP contribution in [0.2, 0.25) is 0 Å². The molecule has 1 aromatic carbocycles. The van der Waals surface area contributed by atoms with Crippen molar-refractivity contribution in [2.45, 2.75) is 50.0 Å². The maximum atomic E-state index is 13.5. The molecule has 0 N–H and O–H groups in total. The number of aromatic nitrogens is 1. The number of carbonyl (C=O) groups is 1. The first-order valence-electron chi connectivity index (χ1n) is 11.2. The highest BCUT2D eigenvalue weighted by Crippen LogP contribution is 2.42. The van der Waals surface area contributed by atoms with E-state index in [1.807, 2.05) is 24.3 Å². The van der Waals surface area contributed by atoms with Crippen LogP contribution < -0.4 is 14.5 Å². The molecule has 7 nitrogen and oxygen atoms in total. The summed E-state index contributed by atoms with van der Waals surface area (Å²) in [5.41, 5.74) is -3.36. The normalized spacial score (nSPS) is 21.3. The number of pyridine rings is 1. The van der Waals surface area contributed by atoms with Gasteiger partial charge in [0.1, 0.15) is 23.5 Å². The van der Waals surface area contributed by atoms with Gasteiger partial charge in [0.25, 0.3) is 5.91 Å². The first-order valence-corrected chi connectivity index (χ1v) is 11.7. The fraction of sp³-hybridized carbons (Fsp3) is 0.458. The van der Waals surface area contributed by atoms with Crippen LogP contribution in [0.5, 0.6) is 5.75 Å². The van der Waals surface area contributed by atoms with Crippen LogP contribution in [0, 0.1) is 11.3 Å². The van der Waals surface area contributed by atoms with E-state index in [1.165, 1.54) is 6.07 Å². The summed E-state index contributed by atoms with van der Waals surface area (Å²) in [6, 6.07) is 9.48. The van der Waals surface area contributed by atoms with Crippen molar-refractivity contribution in [1.29, 1.82) is 5.26 Å². The molecule has 11 heteroatoms. The lowest BCUT2D eigenvalue weighted by molar-refractivity contribution is -0.138. The number of ether oxygens (including phenoxy) is 1. The number of halogens is 3. The molecule has 2 aliphatic heterocycles. The Hall–Kier alpha value is -2.97. The molecule has 0 spiro atoms. The summed E-state index contributed by atoms with van der Waals surface area (Å²) in [6.07, 6.45) is -1.67. The molecule has 0 aliphatic carbocycles. The quantitative estimate of drug-likeness (QED) is 0.625. The number of nitrogens with zero attached hydrogens (tertiary/aromatic N) is 5. The van der Waals surface area contributed by atoms with E-state index in [2.05, 4.69) is 29.6 Å². The highest BCUT2D eigenvalue weighted by atomic mass is 32.1. The second-order valence-corrected chi connectivity index (χ2v) is 9.73. The zero-order chi connectivity index (χ0) is 25.5. The molecule has 0 bridgehead atoms. The number of piperidine rings is 1. The minimum absolute atomic E-state index is 0.0841. The lowest BCUT2D eigenvalue weighted by atomic mass is 10.0. The van der Waals surface area contributed by atoms with E-state index in [0.717, 1.165) is 43.1 Å². The van der Waals surface area contributed by atoms with Gasteiger partial charge in [0.05, 0.1) is 17.4 Å². The van der Waals surface area contributed by atoms with E-state index in [0.29, 0.717) is 11.4 Å². The van der Waals surface area contributed by atoms with Crippen LogP contribution in [0.1, 0.15) is 37.9 Å². The summed E-state index contributed by atoms with van der Waals surface area (Å²) in [7, 11) is 2.08. The highest BCUT2D eigenvalue weighted by Gasteiger charge is 2.51. The average molecular weight is 506 g/mol. The van der Waals surface area contributed by atoms with Crippen molar-refractivity contribution in [1.82, 2.24) is 9.88 Å². The SMILES string of the molecule is CN1CCC(Oc2ccc(N3C(S)N(c4cnc(C#N)c(C(F)(F)F)c4)C(=O)C3(C)C)cc2)CC1. The van der Waals surface area contributed by atoms with Crippen molar-refractivity contribution in [3.05, 3.63) is 47.8 Å². The van der Waals surface area contributed by atoms with Gasteiger partial charge < -0.3 is 14.5 Å². The van der Waals surface area contributed by atoms with Gasteiger partial charge in [-0.05, 0) is 64.1 Å². The van der Waals surface area contributed by atoms with Crippen molar-refractivity contribution in [2.75, 3.05) is 29.9 Å². The second kappa shape index (κ2) is 9.24. The maximum Gasteiger partial charge on any atom is 0.419 e.